The molecular formula is C16H15N5O. The minimum absolute atomic E-state index is 0.216. The molecule has 0 fully saturated rings. The van der Waals surface area contributed by atoms with Crippen LogP contribution in [0.25, 0.3) is 11.0 Å². The first kappa shape index (κ1) is 13.9. The Labute approximate surface area is 127 Å². The van der Waals surface area contributed by atoms with E-state index in [1.165, 1.54) is 0 Å². The molecule has 1 N–H and O–H groups in total. The molecule has 0 saturated heterocycles. The Morgan fingerprint density at radius 2 is 1.95 bits per heavy atom. The van der Waals surface area contributed by atoms with Gasteiger partial charge in [0, 0.05) is 13.2 Å². The maximum absolute atomic E-state index is 12.2. The monoisotopic (exact) mass is 293 g/mol. The van der Waals surface area contributed by atoms with Crippen molar-refractivity contribution in [3.8, 4) is 0 Å². The number of rotatable bonds is 4. The number of anilines is 1. The molecule has 0 saturated carbocycles. The molecule has 1 aromatic carbocycles. The van der Waals surface area contributed by atoms with Crippen molar-refractivity contribution < 1.29 is 4.79 Å². The number of hydrogen-bond donors (Lipinski definition) is 1. The summed E-state index contributed by atoms with van der Waals surface area (Å²) in [6, 6.07) is 13.0. The zero-order chi connectivity index (χ0) is 15.5. The number of hydrazone groups is 1. The Hall–Kier alpha value is -3.02. The van der Waals surface area contributed by atoms with E-state index in [1.54, 1.807) is 31.3 Å². The minimum atomic E-state index is -0.216. The highest BCUT2D eigenvalue weighted by atomic mass is 16.1. The quantitative estimate of drug-likeness (QED) is 0.456. The summed E-state index contributed by atoms with van der Waals surface area (Å²) >= 11 is 0. The molecule has 3 rings (SSSR count). The van der Waals surface area contributed by atoms with E-state index in [0.717, 1.165) is 11.0 Å². The average molecular weight is 293 g/mol. The minimum Gasteiger partial charge on any atom is -0.312 e. The number of Topliss-reactive ketones (excluding diaryl/α,β-unsaturated/α-hetero) is 1. The molecule has 0 atom stereocenters. The Balaban J connectivity index is 1.83. The topological polar surface area (TPSA) is 72.2 Å². The molecule has 0 amide bonds. The number of ketones is 1. The zero-order valence-corrected chi connectivity index (χ0v) is 12.3. The number of carbonyl (C=O) groups excluding carboxylic acids is 1. The summed E-state index contributed by atoms with van der Waals surface area (Å²) in [5, 5.41) is 4.12. The molecular weight excluding hydrogens is 278 g/mol. The lowest BCUT2D eigenvalue weighted by Gasteiger charge is -2.03. The second-order valence-corrected chi connectivity index (χ2v) is 4.84. The van der Waals surface area contributed by atoms with Crippen LogP contribution in [0.3, 0.4) is 0 Å². The number of para-hydroxylation sites is 2. The Morgan fingerprint density at radius 1 is 1.18 bits per heavy atom. The molecule has 3 aromatic rings. The van der Waals surface area contributed by atoms with E-state index in [1.807, 2.05) is 35.9 Å². The fraction of sp³-hybridized carbons (Fsp3) is 0.125. The van der Waals surface area contributed by atoms with Crippen molar-refractivity contribution in [3.63, 3.8) is 0 Å². The van der Waals surface area contributed by atoms with Crippen LogP contribution >= 0.6 is 0 Å². The van der Waals surface area contributed by atoms with Crippen LogP contribution in [0.2, 0.25) is 0 Å². The highest BCUT2D eigenvalue weighted by Gasteiger charge is 2.11. The van der Waals surface area contributed by atoms with Crippen molar-refractivity contribution in [2.75, 3.05) is 5.43 Å². The molecule has 0 aliphatic carbocycles. The number of pyridine rings is 1. The van der Waals surface area contributed by atoms with Crippen LogP contribution in [-0.2, 0) is 7.05 Å². The Morgan fingerprint density at radius 3 is 2.68 bits per heavy atom. The van der Waals surface area contributed by atoms with Crippen LogP contribution in [0.4, 0.5) is 5.95 Å². The molecule has 2 heterocycles. The Bertz CT molecular complexity index is 851. The molecule has 110 valence electrons. The number of benzene rings is 1. The highest BCUT2D eigenvalue weighted by molar-refractivity contribution is 6.44. The van der Waals surface area contributed by atoms with Gasteiger partial charge < -0.3 is 4.57 Å². The van der Waals surface area contributed by atoms with E-state index in [2.05, 4.69) is 20.5 Å². The lowest BCUT2D eigenvalue weighted by atomic mass is 10.2. The highest BCUT2D eigenvalue weighted by Crippen LogP contribution is 2.17. The second kappa shape index (κ2) is 5.77. The summed E-state index contributed by atoms with van der Waals surface area (Å²) in [6.07, 6.45) is 1.58. The summed E-state index contributed by atoms with van der Waals surface area (Å²) in [6.45, 7) is 1.65. The molecule has 2 aromatic heterocycles. The molecule has 6 heteroatoms. The summed E-state index contributed by atoms with van der Waals surface area (Å²) in [5.41, 5.74) is 5.41. The van der Waals surface area contributed by atoms with Gasteiger partial charge in [-0.05, 0) is 31.2 Å². The number of carbonyl (C=O) groups is 1. The number of nitrogens with one attached hydrogen (secondary N) is 1. The van der Waals surface area contributed by atoms with Crippen molar-refractivity contribution in [3.05, 3.63) is 54.4 Å². The third-order valence-corrected chi connectivity index (χ3v) is 3.34. The fourth-order valence-corrected chi connectivity index (χ4v) is 2.11. The average Bonchev–Trinajstić information content (AvgIpc) is 2.89. The van der Waals surface area contributed by atoms with Gasteiger partial charge in [0.25, 0.3) is 0 Å². The van der Waals surface area contributed by atoms with Crippen LogP contribution < -0.4 is 5.43 Å². The van der Waals surface area contributed by atoms with Gasteiger partial charge >= 0.3 is 0 Å². The lowest BCUT2D eigenvalue weighted by molar-refractivity contribution is 0.106. The van der Waals surface area contributed by atoms with E-state index >= 15 is 0 Å². The molecule has 22 heavy (non-hydrogen) atoms. The van der Waals surface area contributed by atoms with Crippen molar-refractivity contribution in [2.45, 2.75) is 6.92 Å². The first-order chi connectivity index (χ1) is 10.7. The number of imidazole rings is 1. The van der Waals surface area contributed by atoms with E-state index in [9.17, 15) is 4.79 Å². The normalized spacial score (nSPS) is 11.6. The SMILES string of the molecule is C/C(=N\Nc1nc2ccccc2n1C)C(=O)c1ccccn1. The smallest absolute Gasteiger partial charge is 0.226 e. The first-order valence-electron chi connectivity index (χ1n) is 6.84. The van der Waals surface area contributed by atoms with Crippen molar-refractivity contribution >= 4 is 28.5 Å². The standard InChI is InChI=1S/C16H15N5O/c1-11(15(22)13-8-5-6-10-17-13)19-20-16-18-12-7-3-4-9-14(12)21(16)2/h3-10H,1-2H3,(H,18,20)/b19-11+. The Kier molecular flexibility index (Phi) is 3.65. The van der Waals surface area contributed by atoms with E-state index in [4.69, 9.17) is 0 Å². The van der Waals surface area contributed by atoms with Gasteiger partial charge in [-0.1, -0.05) is 18.2 Å². The predicted molar refractivity (Wildman–Crippen MR) is 86.0 cm³/mol. The summed E-state index contributed by atoms with van der Waals surface area (Å²) in [4.78, 5) is 20.6. The third-order valence-electron chi connectivity index (χ3n) is 3.34. The van der Waals surface area contributed by atoms with Gasteiger partial charge in [0.2, 0.25) is 11.7 Å². The first-order valence-corrected chi connectivity index (χ1v) is 6.84. The van der Waals surface area contributed by atoms with Gasteiger partial charge in [-0.2, -0.15) is 5.10 Å². The van der Waals surface area contributed by atoms with Gasteiger partial charge in [-0.3, -0.25) is 9.78 Å². The van der Waals surface area contributed by atoms with Crippen LogP contribution in [0.5, 0.6) is 0 Å². The van der Waals surface area contributed by atoms with Gasteiger partial charge in [-0.15, -0.1) is 0 Å². The van der Waals surface area contributed by atoms with E-state index < -0.39 is 0 Å². The molecule has 0 bridgehead atoms. The van der Waals surface area contributed by atoms with Crippen molar-refractivity contribution in [2.24, 2.45) is 12.1 Å². The zero-order valence-electron chi connectivity index (χ0n) is 12.3. The fourth-order valence-electron chi connectivity index (χ4n) is 2.11. The summed E-state index contributed by atoms with van der Waals surface area (Å²) in [5.74, 6) is 0.362. The molecule has 0 radical (unpaired) electrons. The van der Waals surface area contributed by atoms with Crippen LogP contribution in [0, 0.1) is 0 Å². The number of nitrogens with zero attached hydrogens (tertiary/aromatic N) is 4. The van der Waals surface area contributed by atoms with Gasteiger partial charge in [0.05, 0.1) is 11.0 Å². The molecule has 0 aliphatic rings. The molecule has 6 nitrogen and oxygen atoms in total. The summed E-state index contributed by atoms with van der Waals surface area (Å²) in [7, 11) is 1.89. The number of hydrogen-bond acceptors (Lipinski definition) is 5. The predicted octanol–water partition coefficient (Wildman–Crippen LogP) is 2.64. The molecule has 0 unspecified atom stereocenters. The summed E-state index contributed by atoms with van der Waals surface area (Å²) < 4.78 is 1.89. The lowest BCUT2D eigenvalue weighted by Crippen LogP contribution is -2.14. The molecule has 0 aliphatic heterocycles. The van der Waals surface area contributed by atoms with Crippen LogP contribution in [0.15, 0.2) is 53.8 Å². The van der Waals surface area contributed by atoms with Gasteiger partial charge in [0.15, 0.2) is 0 Å². The van der Waals surface area contributed by atoms with E-state index in [-0.39, 0.29) is 5.78 Å². The second-order valence-electron chi connectivity index (χ2n) is 4.84. The maximum Gasteiger partial charge on any atom is 0.226 e. The van der Waals surface area contributed by atoms with E-state index in [0.29, 0.717) is 17.4 Å². The third kappa shape index (κ3) is 2.58. The number of aromatic nitrogens is 3. The van der Waals surface area contributed by atoms with Crippen LogP contribution in [0.1, 0.15) is 17.4 Å². The van der Waals surface area contributed by atoms with Gasteiger partial charge in [-0.25, -0.2) is 10.4 Å². The molecule has 0 spiro atoms. The van der Waals surface area contributed by atoms with Crippen molar-refractivity contribution in [1.29, 1.82) is 0 Å². The van der Waals surface area contributed by atoms with Gasteiger partial charge in [0.1, 0.15) is 11.4 Å². The van der Waals surface area contributed by atoms with Crippen LogP contribution in [-0.4, -0.2) is 26.0 Å². The number of fused-ring (bicyclic) bond motifs is 1. The number of aryl methyl sites for hydroxylation is 1. The largest absolute Gasteiger partial charge is 0.312 e. The maximum atomic E-state index is 12.2. The van der Waals surface area contributed by atoms with Crippen molar-refractivity contribution in [1.82, 2.24) is 14.5 Å².